The van der Waals surface area contributed by atoms with E-state index in [-0.39, 0.29) is 0 Å². The summed E-state index contributed by atoms with van der Waals surface area (Å²) in [4.78, 5) is 11.9. The fraction of sp³-hybridized carbons (Fsp3) is 0.143. The summed E-state index contributed by atoms with van der Waals surface area (Å²) in [6.07, 6.45) is 3.07. The van der Waals surface area contributed by atoms with E-state index < -0.39 is 0 Å². The summed E-state index contributed by atoms with van der Waals surface area (Å²) in [6, 6.07) is 0. The first-order valence-corrected chi connectivity index (χ1v) is 4.60. The van der Waals surface area contributed by atoms with Gasteiger partial charge in [0.2, 0.25) is 11.8 Å². The first-order chi connectivity index (χ1) is 6.68. The molecule has 0 amide bonds. The number of anilines is 1. The van der Waals surface area contributed by atoms with Crippen LogP contribution < -0.4 is 5.73 Å². The summed E-state index contributed by atoms with van der Waals surface area (Å²) in [6.45, 7) is 0. The second-order valence-electron chi connectivity index (χ2n) is 2.64. The van der Waals surface area contributed by atoms with Crippen LogP contribution in [0.5, 0.6) is 0 Å². The maximum absolute atomic E-state index is 5.56. The zero-order valence-corrected chi connectivity index (χ0v) is 8.93. The summed E-state index contributed by atoms with van der Waals surface area (Å²) in [7, 11) is 1.72. The quantitative estimate of drug-likeness (QED) is 0.807. The number of nitrogens with two attached hydrogens (primary N) is 1. The van der Waals surface area contributed by atoms with Crippen molar-refractivity contribution in [3.63, 3.8) is 0 Å². The van der Waals surface area contributed by atoms with Gasteiger partial charge in [-0.2, -0.15) is 4.98 Å². The van der Waals surface area contributed by atoms with Gasteiger partial charge in [0.25, 0.3) is 0 Å². The van der Waals surface area contributed by atoms with Crippen molar-refractivity contribution >= 4 is 21.9 Å². The largest absolute Gasteiger partial charge is 0.368 e. The van der Waals surface area contributed by atoms with Gasteiger partial charge in [0, 0.05) is 13.2 Å². The fourth-order valence-electron chi connectivity index (χ4n) is 0.974. The highest BCUT2D eigenvalue weighted by Crippen LogP contribution is 2.21. The molecule has 2 heterocycles. The molecule has 7 heteroatoms. The average Bonchev–Trinajstić information content (AvgIpc) is 2.48. The summed E-state index contributed by atoms with van der Waals surface area (Å²) in [5.74, 6) is 0.838. The van der Waals surface area contributed by atoms with E-state index in [1.165, 1.54) is 11.0 Å². The first-order valence-electron chi connectivity index (χ1n) is 3.81. The molecule has 2 N–H and O–H groups in total. The van der Waals surface area contributed by atoms with Gasteiger partial charge in [-0.05, 0) is 15.9 Å². The molecule has 2 aromatic rings. The van der Waals surface area contributed by atoms with Crippen LogP contribution in [-0.2, 0) is 7.05 Å². The summed E-state index contributed by atoms with van der Waals surface area (Å²) in [5.41, 5.74) is 6.19. The number of hydrogen-bond acceptors (Lipinski definition) is 5. The van der Waals surface area contributed by atoms with E-state index in [4.69, 9.17) is 5.73 Å². The number of nitrogen functional groups attached to an aromatic ring is 1. The molecule has 0 aliphatic carbocycles. The lowest BCUT2D eigenvalue weighted by molar-refractivity contribution is 0.779. The minimum atomic E-state index is 0.352. The highest BCUT2D eigenvalue weighted by Gasteiger charge is 2.11. The Morgan fingerprint density at radius 1 is 1.50 bits per heavy atom. The molecular weight excluding hydrogens is 248 g/mol. The Morgan fingerprint density at radius 3 is 2.86 bits per heavy atom. The van der Waals surface area contributed by atoms with E-state index in [1.54, 1.807) is 13.2 Å². The number of rotatable bonds is 1. The van der Waals surface area contributed by atoms with Crippen molar-refractivity contribution in [1.29, 1.82) is 0 Å². The normalized spacial score (nSPS) is 10.4. The van der Waals surface area contributed by atoms with Crippen LogP contribution in [0.3, 0.4) is 0 Å². The van der Waals surface area contributed by atoms with Crippen LogP contribution in [-0.4, -0.2) is 24.7 Å². The van der Waals surface area contributed by atoms with Crippen molar-refractivity contribution in [2.75, 3.05) is 5.73 Å². The maximum atomic E-state index is 5.56. The van der Waals surface area contributed by atoms with E-state index in [9.17, 15) is 0 Å². The molecule has 0 aliphatic heterocycles. The van der Waals surface area contributed by atoms with Crippen molar-refractivity contribution < 1.29 is 0 Å². The van der Waals surface area contributed by atoms with E-state index in [0.29, 0.717) is 17.5 Å². The molecule has 0 unspecified atom stereocenters. The Labute approximate surface area is 88.3 Å². The Hall–Kier alpha value is -1.50. The third kappa shape index (κ3) is 1.46. The van der Waals surface area contributed by atoms with Crippen LogP contribution in [0.15, 0.2) is 17.0 Å². The highest BCUT2D eigenvalue weighted by molar-refractivity contribution is 9.10. The van der Waals surface area contributed by atoms with Crippen molar-refractivity contribution in [2.45, 2.75) is 0 Å². The minimum absolute atomic E-state index is 0.352. The van der Waals surface area contributed by atoms with Crippen LogP contribution in [0.4, 0.5) is 5.95 Å². The van der Waals surface area contributed by atoms with Crippen molar-refractivity contribution in [2.24, 2.45) is 7.05 Å². The van der Waals surface area contributed by atoms with Gasteiger partial charge < -0.3 is 5.73 Å². The number of nitrogens with zero attached hydrogens (tertiary/aromatic N) is 5. The summed E-state index contributed by atoms with van der Waals surface area (Å²) < 4.78 is 2.23. The Bertz CT molecular complexity index is 445. The zero-order valence-electron chi connectivity index (χ0n) is 7.35. The standard InChI is InChI=1S/C7H7BrN6/c1-14-7(9)12-6(13-14)5-4(8)2-10-3-11-5/h2-3H,1H3,(H2,9,12,13). The molecule has 0 saturated heterocycles. The number of aromatic nitrogens is 5. The number of halogens is 1. The molecule has 0 saturated carbocycles. The number of aryl methyl sites for hydroxylation is 1. The van der Waals surface area contributed by atoms with Crippen LogP contribution in [0.1, 0.15) is 0 Å². The fourth-order valence-corrected chi connectivity index (χ4v) is 1.37. The molecule has 2 aromatic heterocycles. The second-order valence-corrected chi connectivity index (χ2v) is 3.49. The van der Waals surface area contributed by atoms with E-state index in [0.717, 1.165) is 4.47 Å². The Balaban J connectivity index is 2.55. The summed E-state index contributed by atoms with van der Waals surface area (Å²) in [5, 5.41) is 4.10. The topological polar surface area (TPSA) is 82.5 Å². The summed E-state index contributed by atoms with van der Waals surface area (Å²) >= 11 is 3.31. The lowest BCUT2D eigenvalue weighted by Gasteiger charge is -1.95. The molecule has 6 nitrogen and oxygen atoms in total. The van der Waals surface area contributed by atoms with Gasteiger partial charge in [0.15, 0.2) is 0 Å². The van der Waals surface area contributed by atoms with Gasteiger partial charge in [-0.3, -0.25) is 0 Å². The van der Waals surface area contributed by atoms with Crippen LogP contribution in [0, 0.1) is 0 Å². The molecular formula is C7H7BrN6. The second kappa shape index (κ2) is 3.33. The third-order valence-corrected chi connectivity index (χ3v) is 2.26. The first kappa shape index (κ1) is 9.07. The van der Waals surface area contributed by atoms with Crippen LogP contribution in [0.25, 0.3) is 11.5 Å². The van der Waals surface area contributed by atoms with Gasteiger partial charge in [-0.25, -0.2) is 14.6 Å². The smallest absolute Gasteiger partial charge is 0.218 e. The Morgan fingerprint density at radius 2 is 2.29 bits per heavy atom. The molecule has 72 valence electrons. The third-order valence-electron chi connectivity index (χ3n) is 1.68. The zero-order chi connectivity index (χ0) is 10.1. The van der Waals surface area contributed by atoms with Gasteiger partial charge in [0.1, 0.15) is 12.0 Å². The average molecular weight is 255 g/mol. The van der Waals surface area contributed by atoms with Crippen molar-refractivity contribution in [1.82, 2.24) is 24.7 Å². The maximum Gasteiger partial charge on any atom is 0.218 e. The lowest BCUT2D eigenvalue weighted by Crippen LogP contribution is -1.97. The molecule has 0 aliphatic rings. The predicted molar refractivity (Wildman–Crippen MR) is 54.1 cm³/mol. The molecule has 0 atom stereocenters. The predicted octanol–water partition coefficient (Wildman–Crippen LogP) is 0.617. The molecule has 0 bridgehead atoms. The molecule has 0 aromatic carbocycles. The van der Waals surface area contributed by atoms with Gasteiger partial charge >= 0.3 is 0 Å². The Kier molecular flexibility index (Phi) is 2.16. The van der Waals surface area contributed by atoms with Crippen LogP contribution >= 0.6 is 15.9 Å². The molecule has 0 spiro atoms. The molecule has 14 heavy (non-hydrogen) atoms. The van der Waals surface area contributed by atoms with Gasteiger partial charge in [0.05, 0.1) is 4.47 Å². The van der Waals surface area contributed by atoms with Crippen molar-refractivity contribution in [3.05, 3.63) is 17.0 Å². The van der Waals surface area contributed by atoms with Crippen LogP contribution in [0.2, 0.25) is 0 Å². The lowest BCUT2D eigenvalue weighted by atomic mass is 10.4. The van der Waals surface area contributed by atoms with E-state index >= 15 is 0 Å². The molecule has 0 radical (unpaired) electrons. The monoisotopic (exact) mass is 254 g/mol. The van der Waals surface area contributed by atoms with E-state index in [2.05, 4.69) is 36.0 Å². The minimum Gasteiger partial charge on any atom is -0.368 e. The SMILES string of the molecule is Cn1nc(-c2ncncc2Br)nc1N. The van der Waals surface area contributed by atoms with Crippen molar-refractivity contribution in [3.8, 4) is 11.5 Å². The molecule has 0 fully saturated rings. The van der Waals surface area contributed by atoms with Gasteiger partial charge in [-0.1, -0.05) is 0 Å². The van der Waals surface area contributed by atoms with E-state index in [1.807, 2.05) is 0 Å². The molecule has 2 rings (SSSR count). The van der Waals surface area contributed by atoms with Gasteiger partial charge in [-0.15, -0.1) is 5.10 Å². The number of hydrogen-bond donors (Lipinski definition) is 1. The highest BCUT2D eigenvalue weighted by atomic mass is 79.9.